The molecule has 0 unspecified atom stereocenters. The molecule has 0 radical (unpaired) electrons. The molecule has 1 heterocycles. The molecule has 0 amide bonds. The quantitative estimate of drug-likeness (QED) is 0.786. The standard InChI is InChI=1S/C9H13FN2O/c1-6(2)12-8-4-7(10)5-11-9(8)13-3/h4-6,12H,1-3H3/i3D3. The van der Waals surface area contributed by atoms with Gasteiger partial charge in [0.15, 0.2) is 0 Å². The van der Waals surface area contributed by atoms with Crippen molar-refractivity contribution in [3.63, 3.8) is 0 Å². The highest BCUT2D eigenvalue weighted by Crippen LogP contribution is 2.22. The fourth-order valence-corrected chi connectivity index (χ4v) is 0.922. The Morgan fingerprint density at radius 3 is 3.08 bits per heavy atom. The molecule has 0 saturated carbocycles. The second-order valence-electron chi connectivity index (χ2n) is 2.91. The van der Waals surface area contributed by atoms with Crippen molar-refractivity contribution in [1.29, 1.82) is 0 Å². The Morgan fingerprint density at radius 1 is 1.69 bits per heavy atom. The maximum absolute atomic E-state index is 12.9. The van der Waals surface area contributed by atoms with Gasteiger partial charge in [-0.2, -0.15) is 0 Å². The van der Waals surface area contributed by atoms with E-state index in [2.05, 4.69) is 15.0 Å². The van der Waals surface area contributed by atoms with Crippen LogP contribution in [0, 0.1) is 5.82 Å². The highest BCUT2D eigenvalue weighted by molar-refractivity contribution is 5.52. The first-order chi connectivity index (χ1) is 7.28. The van der Waals surface area contributed by atoms with Crippen molar-refractivity contribution in [3.05, 3.63) is 18.1 Å². The second-order valence-corrected chi connectivity index (χ2v) is 2.91. The Kier molecular flexibility index (Phi) is 1.94. The van der Waals surface area contributed by atoms with Gasteiger partial charge in [0, 0.05) is 12.1 Å². The number of anilines is 1. The van der Waals surface area contributed by atoms with Gasteiger partial charge in [-0.1, -0.05) is 0 Å². The molecule has 0 bridgehead atoms. The van der Waals surface area contributed by atoms with Gasteiger partial charge in [0.2, 0.25) is 5.88 Å². The van der Waals surface area contributed by atoms with E-state index in [-0.39, 0.29) is 17.6 Å². The molecule has 0 fully saturated rings. The topological polar surface area (TPSA) is 34.1 Å². The molecule has 0 saturated heterocycles. The molecule has 0 aliphatic heterocycles. The van der Waals surface area contributed by atoms with E-state index in [0.717, 1.165) is 12.3 Å². The molecule has 0 spiro atoms. The first kappa shape index (κ1) is 6.18. The van der Waals surface area contributed by atoms with E-state index in [0.29, 0.717) is 0 Å². The van der Waals surface area contributed by atoms with E-state index in [1.165, 1.54) is 0 Å². The summed E-state index contributed by atoms with van der Waals surface area (Å²) in [5.74, 6) is -0.684. The maximum Gasteiger partial charge on any atom is 0.237 e. The Balaban J connectivity index is 2.98. The van der Waals surface area contributed by atoms with Crippen LogP contribution in [-0.4, -0.2) is 18.1 Å². The zero-order chi connectivity index (χ0) is 12.3. The van der Waals surface area contributed by atoms with Crippen LogP contribution in [0.15, 0.2) is 12.3 Å². The van der Waals surface area contributed by atoms with Crippen LogP contribution in [0.1, 0.15) is 18.0 Å². The predicted molar refractivity (Wildman–Crippen MR) is 49.5 cm³/mol. The van der Waals surface area contributed by atoms with Crippen LogP contribution in [0.5, 0.6) is 5.88 Å². The summed E-state index contributed by atoms with van der Waals surface area (Å²) >= 11 is 0. The Morgan fingerprint density at radius 2 is 2.46 bits per heavy atom. The number of halogens is 1. The average molecular weight is 187 g/mol. The zero-order valence-electron chi connectivity index (χ0n) is 10.5. The molecule has 1 rings (SSSR count). The van der Waals surface area contributed by atoms with Crippen molar-refractivity contribution >= 4 is 5.69 Å². The van der Waals surface area contributed by atoms with E-state index in [9.17, 15) is 4.39 Å². The van der Waals surface area contributed by atoms with Crippen LogP contribution in [0.25, 0.3) is 0 Å². The number of rotatable bonds is 3. The number of aromatic nitrogens is 1. The summed E-state index contributed by atoms with van der Waals surface area (Å²) in [6.07, 6.45) is 0.909. The molecular weight excluding hydrogens is 171 g/mol. The first-order valence-electron chi connectivity index (χ1n) is 5.39. The molecule has 4 heteroatoms. The summed E-state index contributed by atoms with van der Waals surface area (Å²) in [6, 6.07) is 1.16. The largest absolute Gasteiger partial charge is 0.480 e. The predicted octanol–water partition coefficient (Wildman–Crippen LogP) is 2.05. The van der Waals surface area contributed by atoms with Crippen molar-refractivity contribution in [2.45, 2.75) is 19.9 Å². The molecule has 0 aliphatic rings. The van der Waals surface area contributed by atoms with Gasteiger partial charge in [0.25, 0.3) is 0 Å². The molecule has 72 valence electrons. The molecule has 0 aromatic carbocycles. The highest BCUT2D eigenvalue weighted by Gasteiger charge is 2.06. The fourth-order valence-electron chi connectivity index (χ4n) is 0.922. The summed E-state index contributed by atoms with van der Waals surface area (Å²) in [5.41, 5.74) is 0.228. The van der Waals surface area contributed by atoms with Crippen molar-refractivity contribution < 1.29 is 13.2 Å². The molecule has 1 N–H and O–H groups in total. The van der Waals surface area contributed by atoms with E-state index in [1.807, 2.05) is 13.8 Å². The SMILES string of the molecule is [2H]C([2H])([2H])Oc1ncc(F)cc1NC(C)C. The summed E-state index contributed by atoms with van der Waals surface area (Å²) in [6.45, 7) is 3.67. The normalized spacial score (nSPS) is 14.6. The molecule has 0 atom stereocenters. The molecule has 1 aromatic heterocycles. The minimum Gasteiger partial charge on any atom is -0.480 e. The smallest absolute Gasteiger partial charge is 0.237 e. The van der Waals surface area contributed by atoms with Crippen LogP contribution in [-0.2, 0) is 0 Å². The number of hydrogen-bond donors (Lipinski definition) is 1. The minimum atomic E-state index is -2.60. The molecular formula is C9H13FN2O. The number of nitrogens with one attached hydrogen (secondary N) is 1. The Bertz CT molecular complexity index is 368. The van der Waals surface area contributed by atoms with E-state index >= 15 is 0 Å². The van der Waals surface area contributed by atoms with Crippen molar-refractivity contribution in [1.82, 2.24) is 4.98 Å². The van der Waals surface area contributed by atoms with E-state index < -0.39 is 12.9 Å². The number of methoxy groups -OCH3 is 1. The molecule has 13 heavy (non-hydrogen) atoms. The van der Waals surface area contributed by atoms with Gasteiger partial charge in [-0.3, -0.25) is 0 Å². The third-order valence-corrected chi connectivity index (χ3v) is 1.36. The Labute approximate surface area is 81.2 Å². The average Bonchev–Trinajstić information content (AvgIpc) is 2.06. The van der Waals surface area contributed by atoms with Crippen LogP contribution in [0.4, 0.5) is 10.1 Å². The maximum atomic E-state index is 12.9. The Hall–Kier alpha value is -1.32. The monoisotopic (exact) mass is 187 g/mol. The van der Waals surface area contributed by atoms with Gasteiger partial charge in [-0.05, 0) is 13.8 Å². The third-order valence-electron chi connectivity index (χ3n) is 1.36. The minimum absolute atomic E-state index is 0.0163. The molecule has 1 aromatic rings. The highest BCUT2D eigenvalue weighted by atomic mass is 19.1. The number of nitrogens with zero attached hydrogens (tertiary/aromatic N) is 1. The lowest BCUT2D eigenvalue weighted by Crippen LogP contribution is -2.11. The van der Waals surface area contributed by atoms with Gasteiger partial charge in [0.05, 0.1) is 17.3 Å². The lowest BCUT2D eigenvalue weighted by molar-refractivity contribution is 0.397. The second kappa shape index (κ2) is 4.07. The van der Waals surface area contributed by atoms with Crippen LogP contribution >= 0.6 is 0 Å². The van der Waals surface area contributed by atoms with Gasteiger partial charge >= 0.3 is 0 Å². The number of ether oxygens (including phenoxy) is 1. The van der Waals surface area contributed by atoms with Crippen molar-refractivity contribution in [3.8, 4) is 5.88 Å². The zero-order valence-corrected chi connectivity index (χ0v) is 7.47. The first-order valence-corrected chi connectivity index (χ1v) is 3.89. The fraction of sp³-hybridized carbons (Fsp3) is 0.444. The van der Waals surface area contributed by atoms with Gasteiger partial charge in [-0.25, -0.2) is 9.37 Å². The van der Waals surface area contributed by atoms with Crippen LogP contribution in [0.2, 0.25) is 0 Å². The summed E-state index contributed by atoms with van der Waals surface area (Å²) in [7, 11) is -2.60. The van der Waals surface area contributed by atoms with Crippen LogP contribution < -0.4 is 10.1 Å². The lowest BCUT2D eigenvalue weighted by Gasteiger charge is -2.12. The number of hydrogen-bond acceptors (Lipinski definition) is 3. The lowest BCUT2D eigenvalue weighted by atomic mass is 10.3. The summed E-state index contributed by atoms with van der Waals surface area (Å²) in [5, 5.41) is 2.86. The number of pyridine rings is 1. The van der Waals surface area contributed by atoms with E-state index in [4.69, 9.17) is 4.11 Å². The van der Waals surface area contributed by atoms with E-state index in [1.54, 1.807) is 0 Å². The summed E-state index contributed by atoms with van der Waals surface area (Å²) in [4.78, 5) is 3.60. The molecule has 3 nitrogen and oxygen atoms in total. The van der Waals surface area contributed by atoms with Gasteiger partial charge in [-0.15, -0.1) is 0 Å². The van der Waals surface area contributed by atoms with Crippen LogP contribution in [0.3, 0.4) is 0 Å². The van der Waals surface area contributed by atoms with Crippen molar-refractivity contribution in [2.75, 3.05) is 12.4 Å². The van der Waals surface area contributed by atoms with Crippen molar-refractivity contribution in [2.24, 2.45) is 0 Å². The summed E-state index contributed by atoms with van der Waals surface area (Å²) < 4.78 is 38.4. The van der Waals surface area contributed by atoms with Gasteiger partial charge < -0.3 is 10.1 Å². The van der Waals surface area contributed by atoms with Gasteiger partial charge in [0.1, 0.15) is 11.5 Å². The third kappa shape index (κ3) is 2.57. The molecule has 0 aliphatic carbocycles.